The second-order valence-corrected chi connectivity index (χ2v) is 11.6. The molecular formula is C29H30N4O4S. The molecule has 196 valence electrons. The SMILES string of the molecule is NC(=O)[C@H]1CCCN(C(=O)[C@@H]2CCCN(c3cccc4c3C(=O)N(Cc3cc5ccccc5s3)C4=O)C2)C1. The monoisotopic (exact) mass is 530 g/mol. The minimum Gasteiger partial charge on any atom is -0.370 e. The van der Waals surface area contributed by atoms with Gasteiger partial charge in [0, 0.05) is 35.8 Å². The molecule has 0 aliphatic carbocycles. The Balaban J connectivity index is 1.21. The van der Waals surface area contributed by atoms with Gasteiger partial charge in [0.15, 0.2) is 0 Å². The van der Waals surface area contributed by atoms with Gasteiger partial charge in [-0.3, -0.25) is 24.1 Å². The fourth-order valence-corrected chi connectivity index (χ4v) is 7.11. The van der Waals surface area contributed by atoms with Crippen LogP contribution >= 0.6 is 11.3 Å². The van der Waals surface area contributed by atoms with Crippen molar-refractivity contribution in [3.05, 3.63) is 64.5 Å². The molecule has 0 radical (unpaired) electrons. The van der Waals surface area contributed by atoms with E-state index in [-0.39, 0.29) is 42.0 Å². The lowest BCUT2D eigenvalue weighted by molar-refractivity contribution is -0.139. The van der Waals surface area contributed by atoms with Crippen molar-refractivity contribution in [1.29, 1.82) is 0 Å². The smallest absolute Gasteiger partial charge is 0.264 e. The van der Waals surface area contributed by atoms with Gasteiger partial charge >= 0.3 is 0 Å². The Kier molecular flexibility index (Phi) is 6.39. The molecule has 3 aromatic rings. The molecule has 2 fully saturated rings. The number of likely N-dealkylation sites (tertiary alicyclic amines) is 1. The lowest BCUT2D eigenvalue weighted by atomic mass is 9.92. The maximum atomic E-state index is 13.6. The van der Waals surface area contributed by atoms with Crippen molar-refractivity contribution in [2.75, 3.05) is 31.1 Å². The van der Waals surface area contributed by atoms with Crippen LogP contribution in [-0.4, -0.2) is 59.6 Å². The van der Waals surface area contributed by atoms with Crippen LogP contribution in [0.1, 0.15) is 51.3 Å². The number of benzene rings is 2. The zero-order valence-corrected chi connectivity index (χ0v) is 21.9. The third-order valence-corrected chi connectivity index (χ3v) is 9.12. The summed E-state index contributed by atoms with van der Waals surface area (Å²) < 4.78 is 1.12. The lowest BCUT2D eigenvalue weighted by Gasteiger charge is -2.38. The largest absolute Gasteiger partial charge is 0.370 e. The molecule has 0 bridgehead atoms. The van der Waals surface area contributed by atoms with Crippen molar-refractivity contribution in [2.24, 2.45) is 17.6 Å². The van der Waals surface area contributed by atoms with E-state index in [0.29, 0.717) is 43.0 Å². The zero-order chi connectivity index (χ0) is 26.4. The van der Waals surface area contributed by atoms with E-state index in [1.54, 1.807) is 22.3 Å². The van der Waals surface area contributed by atoms with Gasteiger partial charge in [-0.25, -0.2) is 0 Å². The highest BCUT2D eigenvalue weighted by molar-refractivity contribution is 7.19. The standard InChI is InChI=1S/C29H30N4O4S/c30-26(34)19-7-4-13-32(15-19)27(35)20-8-5-12-31(16-20)23-10-3-9-22-25(23)29(37)33(28(22)36)17-21-14-18-6-1-2-11-24(18)38-21/h1-3,6,9-11,14,19-20H,4-5,7-8,12-13,15-17H2,(H2,30,34)/t19-,20+/m0/s1. The summed E-state index contributed by atoms with van der Waals surface area (Å²) in [6, 6.07) is 15.5. The van der Waals surface area contributed by atoms with Gasteiger partial charge in [0.1, 0.15) is 0 Å². The topological polar surface area (TPSA) is 104 Å². The molecule has 0 unspecified atom stereocenters. The van der Waals surface area contributed by atoms with E-state index in [2.05, 4.69) is 4.90 Å². The van der Waals surface area contributed by atoms with Gasteiger partial charge in [-0.15, -0.1) is 11.3 Å². The number of fused-ring (bicyclic) bond motifs is 2. The number of rotatable bonds is 5. The molecular weight excluding hydrogens is 500 g/mol. The van der Waals surface area contributed by atoms with Crippen LogP contribution in [0.3, 0.4) is 0 Å². The molecule has 38 heavy (non-hydrogen) atoms. The number of amides is 4. The number of hydrogen-bond acceptors (Lipinski definition) is 6. The first-order valence-corrected chi connectivity index (χ1v) is 14.0. The number of carbonyl (C=O) groups is 4. The average molecular weight is 531 g/mol. The van der Waals surface area contributed by atoms with Crippen LogP contribution in [0.4, 0.5) is 5.69 Å². The maximum absolute atomic E-state index is 13.6. The first-order chi connectivity index (χ1) is 18.4. The van der Waals surface area contributed by atoms with Crippen molar-refractivity contribution in [2.45, 2.75) is 32.2 Å². The molecule has 4 heterocycles. The molecule has 4 amide bonds. The van der Waals surface area contributed by atoms with Gasteiger partial charge < -0.3 is 15.5 Å². The Bertz CT molecular complexity index is 1420. The third-order valence-electron chi connectivity index (χ3n) is 8.01. The first-order valence-electron chi connectivity index (χ1n) is 13.2. The van der Waals surface area contributed by atoms with Crippen molar-refractivity contribution in [3.8, 4) is 0 Å². The van der Waals surface area contributed by atoms with Crippen molar-refractivity contribution in [3.63, 3.8) is 0 Å². The van der Waals surface area contributed by atoms with Gasteiger partial charge in [-0.1, -0.05) is 24.3 Å². The van der Waals surface area contributed by atoms with Gasteiger partial charge in [0.25, 0.3) is 11.8 Å². The molecule has 3 aliphatic heterocycles. The molecule has 1 aromatic heterocycles. The van der Waals surface area contributed by atoms with Crippen molar-refractivity contribution >= 4 is 50.7 Å². The van der Waals surface area contributed by atoms with E-state index in [4.69, 9.17) is 5.73 Å². The number of hydrogen-bond donors (Lipinski definition) is 1. The van der Waals surface area contributed by atoms with Gasteiger partial charge in [0.2, 0.25) is 11.8 Å². The van der Waals surface area contributed by atoms with Gasteiger partial charge in [0.05, 0.1) is 35.2 Å². The van der Waals surface area contributed by atoms with Crippen LogP contribution in [0.15, 0.2) is 48.5 Å². The third kappa shape index (κ3) is 4.34. The Morgan fingerprint density at radius 1 is 0.921 bits per heavy atom. The minimum absolute atomic E-state index is 0.0435. The summed E-state index contributed by atoms with van der Waals surface area (Å²) in [6.45, 7) is 2.44. The number of thiophene rings is 1. The average Bonchev–Trinajstić information content (AvgIpc) is 3.47. The van der Waals surface area contributed by atoms with E-state index in [9.17, 15) is 19.2 Å². The number of imide groups is 1. The predicted octanol–water partition coefficient (Wildman–Crippen LogP) is 3.64. The Morgan fingerprint density at radius 3 is 2.53 bits per heavy atom. The maximum Gasteiger partial charge on any atom is 0.264 e. The first kappa shape index (κ1) is 24.6. The molecule has 0 saturated carbocycles. The van der Waals surface area contributed by atoms with Gasteiger partial charge in [-0.2, -0.15) is 0 Å². The molecule has 6 rings (SSSR count). The van der Waals surface area contributed by atoms with Crippen LogP contribution in [0.5, 0.6) is 0 Å². The molecule has 2 N–H and O–H groups in total. The summed E-state index contributed by atoms with van der Waals surface area (Å²) in [4.78, 5) is 58.2. The highest BCUT2D eigenvalue weighted by Crippen LogP contribution is 2.36. The summed E-state index contributed by atoms with van der Waals surface area (Å²) in [5.74, 6) is -1.39. The van der Waals surface area contributed by atoms with E-state index >= 15 is 0 Å². The van der Waals surface area contributed by atoms with Crippen LogP contribution < -0.4 is 10.6 Å². The van der Waals surface area contributed by atoms with Crippen LogP contribution in [0, 0.1) is 11.8 Å². The highest BCUT2D eigenvalue weighted by atomic mass is 32.1. The predicted molar refractivity (Wildman–Crippen MR) is 146 cm³/mol. The van der Waals surface area contributed by atoms with Crippen LogP contribution in [-0.2, 0) is 16.1 Å². The fraction of sp³-hybridized carbons (Fsp3) is 0.379. The molecule has 2 aromatic carbocycles. The number of anilines is 1. The molecule has 2 atom stereocenters. The number of piperidine rings is 2. The van der Waals surface area contributed by atoms with E-state index in [1.165, 1.54) is 4.90 Å². The highest BCUT2D eigenvalue weighted by Gasteiger charge is 2.40. The molecule has 2 saturated heterocycles. The second-order valence-electron chi connectivity index (χ2n) is 10.5. The zero-order valence-electron chi connectivity index (χ0n) is 21.1. The summed E-state index contributed by atoms with van der Waals surface area (Å²) in [5, 5.41) is 1.10. The molecule has 0 spiro atoms. The quantitative estimate of drug-likeness (QED) is 0.508. The van der Waals surface area contributed by atoms with E-state index in [0.717, 1.165) is 40.6 Å². The number of primary amides is 1. The van der Waals surface area contributed by atoms with E-state index < -0.39 is 0 Å². The Hall–Kier alpha value is -3.72. The second kappa shape index (κ2) is 9.87. The number of carbonyl (C=O) groups excluding carboxylic acids is 4. The fourth-order valence-electron chi connectivity index (χ4n) is 6.06. The van der Waals surface area contributed by atoms with Crippen LogP contribution in [0.2, 0.25) is 0 Å². The summed E-state index contributed by atoms with van der Waals surface area (Å²) in [6.07, 6.45) is 3.06. The minimum atomic E-state index is -0.351. The number of nitrogens with zero attached hydrogens (tertiary/aromatic N) is 3. The number of nitrogens with two attached hydrogens (primary N) is 1. The Morgan fingerprint density at radius 2 is 1.71 bits per heavy atom. The lowest BCUT2D eigenvalue weighted by Crippen LogP contribution is -2.49. The van der Waals surface area contributed by atoms with E-state index in [1.807, 2.05) is 42.5 Å². The summed E-state index contributed by atoms with van der Waals surface area (Å²) >= 11 is 1.59. The summed E-state index contributed by atoms with van der Waals surface area (Å²) in [5.41, 5.74) is 7.08. The summed E-state index contributed by atoms with van der Waals surface area (Å²) in [7, 11) is 0. The van der Waals surface area contributed by atoms with Crippen molar-refractivity contribution in [1.82, 2.24) is 9.80 Å². The molecule has 3 aliphatic rings. The normalized spacial score (nSPS) is 21.7. The molecule has 8 nitrogen and oxygen atoms in total. The van der Waals surface area contributed by atoms with Crippen LogP contribution in [0.25, 0.3) is 10.1 Å². The van der Waals surface area contributed by atoms with Crippen molar-refractivity contribution < 1.29 is 19.2 Å². The Labute approximate surface area is 225 Å². The molecule has 9 heteroatoms. The van der Waals surface area contributed by atoms with Gasteiger partial charge in [-0.05, 0) is 55.3 Å².